The van der Waals surface area contributed by atoms with Crippen LogP contribution in [0.1, 0.15) is 34.1 Å². The molecule has 80 valence electrons. The maximum atomic E-state index is 4.55. The molecule has 0 rings (SSSR count). The largest absolute Gasteiger partial charge is 0.285 e. The molecule has 0 saturated carbocycles. The molecule has 0 aliphatic carbocycles. The third kappa shape index (κ3) is 6.03. The van der Waals surface area contributed by atoms with Gasteiger partial charge in [0.2, 0.25) is 0 Å². The Bertz CT molecular complexity index is 245. The Morgan fingerprint density at radius 2 is 1.93 bits per heavy atom. The average Bonchev–Trinajstić information content (AvgIpc) is 2.15. The van der Waals surface area contributed by atoms with Gasteiger partial charge >= 0.3 is 0 Å². The smallest absolute Gasteiger partial charge is 0.0599 e. The van der Waals surface area contributed by atoms with Crippen LogP contribution in [0.25, 0.3) is 0 Å². The molecule has 0 saturated heterocycles. The Hall–Kier alpha value is -0.500. The molecule has 0 aliphatic rings. The maximum absolute atomic E-state index is 4.55. The van der Waals surface area contributed by atoms with E-state index in [1.807, 2.05) is 6.92 Å². The van der Waals surface area contributed by atoms with Crippen molar-refractivity contribution in [2.75, 3.05) is 12.3 Å². The van der Waals surface area contributed by atoms with Gasteiger partial charge in [0.05, 0.1) is 5.71 Å². The van der Waals surface area contributed by atoms with Gasteiger partial charge in [0.15, 0.2) is 0 Å². The van der Waals surface area contributed by atoms with Crippen molar-refractivity contribution in [1.29, 1.82) is 0 Å². The van der Waals surface area contributed by atoms with Gasteiger partial charge in [0.1, 0.15) is 0 Å². The van der Waals surface area contributed by atoms with Crippen molar-refractivity contribution in [2.45, 2.75) is 34.1 Å². The first-order chi connectivity index (χ1) is 6.61. The predicted octanol–water partition coefficient (Wildman–Crippen LogP) is 3.68. The first-order valence-corrected chi connectivity index (χ1v) is 5.68. The van der Waals surface area contributed by atoms with Crippen molar-refractivity contribution in [3.05, 3.63) is 23.3 Å². The summed E-state index contributed by atoms with van der Waals surface area (Å²) >= 11 is 4.17. The van der Waals surface area contributed by atoms with Crippen LogP contribution in [0.3, 0.4) is 0 Å². The second-order valence-corrected chi connectivity index (χ2v) is 3.98. The van der Waals surface area contributed by atoms with E-state index < -0.39 is 0 Å². The summed E-state index contributed by atoms with van der Waals surface area (Å²) in [5, 5.41) is 0. The summed E-state index contributed by atoms with van der Waals surface area (Å²) in [5.41, 5.74) is 3.63. The van der Waals surface area contributed by atoms with Crippen molar-refractivity contribution in [1.82, 2.24) is 0 Å². The lowest BCUT2D eigenvalue weighted by atomic mass is 10.1. The molecule has 0 aromatic rings. The molecule has 0 aromatic carbocycles. The zero-order chi connectivity index (χ0) is 11.0. The number of hydrogen-bond donors (Lipinski definition) is 1. The molecule has 0 N–H and O–H groups in total. The highest BCUT2D eigenvalue weighted by Gasteiger charge is 1.96. The highest BCUT2D eigenvalue weighted by Crippen LogP contribution is 2.03. The minimum Gasteiger partial charge on any atom is -0.285 e. The SMILES string of the molecule is C/C=C(C)\C(C=C(C)C)=N\CCCS. The molecule has 0 spiro atoms. The molecule has 0 heterocycles. The molecule has 2 heteroatoms. The number of rotatable bonds is 5. The minimum absolute atomic E-state index is 0.869. The Balaban J connectivity index is 4.56. The number of thiol groups is 1. The Morgan fingerprint density at radius 3 is 2.36 bits per heavy atom. The molecule has 14 heavy (non-hydrogen) atoms. The van der Waals surface area contributed by atoms with E-state index in [2.05, 4.69) is 50.5 Å². The lowest BCUT2D eigenvalue weighted by Gasteiger charge is -2.02. The van der Waals surface area contributed by atoms with Gasteiger partial charge in [-0.05, 0) is 51.5 Å². The van der Waals surface area contributed by atoms with E-state index in [-0.39, 0.29) is 0 Å². The van der Waals surface area contributed by atoms with E-state index >= 15 is 0 Å². The predicted molar refractivity (Wildman–Crippen MR) is 69.6 cm³/mol. The van der Waals surface area contributed by atoms with Gasteiger partial charge in [-0.3, -0.25) is 4.99 Å². The first kappa shape index (κ1) is 13.5. The molecule has 0 fully saturated rings. The van der Waals surface area contributed by atoms with Crippen molar-refractivity contribution in [3.63, 3.8) is 0 Å². The molecule has 1 nitrogen and oxygen atoms in total. The van der Waals surface area contributed by atoms with Crippen LogP contribution in [-0.2, 0) is 0 Å². The molecule has 0 amide bonds. The van der Waals surface area contributed by atoms with Gasteiger partial charge in [-0.15, -0.1) is 0 Å². The van der Waals surface area contributed by atoms with E-state index in [1.54, 1.807) is 0 Å². The normalized spacial score (nSPS) is 12.9. The third-order valence-electron chi connectivity index (χ3n) is 1.86. The summed E-state index contributed by atoms with van der Waals surface area (Å²) in [7, 11) is 0. The number of aliphatic imine (C=N–C) groups is 1. The first-order valence-electron chi connectivity index (χ1n) is 5.05. The fourth-order valence-corrected chi connectivity index (χ4v) is 1.12. The van der Waals surface area contributed by atoms with Crippen LogP contribution in [0.4, 0.5) is 0 Å². The fraction of sp³-hybridized carbons (Fsp3) is 0.583. The number of nitrogens with zero attached hydrogens (tertiary/aromatic N) is 1. The van der Waals surface area contributed by atoms with Crippen LogP contribution in [0, 0.1) is 0 Å². The van der Waals surface area contributed by atoms with E-state index in [1.165, 1.54) is 11.1 Å². The molecule has 0 bridgehead atoms. The van der Waals surface area contributed by atoms with Gasteiger partial charge in [-0.1, -0.05) is 11.6 Å². The van der Waals surface area contributed by atoms with Crippen LogP contribution in [0.5, 0.6) is 0 Å². The summed E-state index contributed by atoms with van der Waals surface area (Å²) in [4.78, 5) is 4.55. The lowest BCUT2D eigenvalue weighted by molar-refractivity contribution is 0.946. The Morgan fingerprint density at radius 1 is 1.29 bits per heavy atom. The van der Waals surface area contributed by atoms with Crippen LogP contribution in [0.2, 0.25) is 0 Å². The van der Waals surface area contributed by atoms with E-state index in [9.17, 15) is 0 Å². The van der Waals surface area contributed by atoms with Crippen LogP contribution in [-0.4, -0.2) is 18.0 Å². The zero-order valence-corrected chi connectivity index (χ0v) is 10.6. The summed E-state index contributed by atoms with van der Waals surface area (Å²) in [6, 6.07) is 0. The zero-order valence-electron chi connectivity index (χ0n) is 9.67. The van der Waals surface area contributed by atoms with E-state index in [4.69, 9.17) is 0 Å². The van der Waals surface area contributed by atoms with Gasteiger partial charge in [0.25, 0.3) is 0 Å². The van der Waals surface area contributed by atoms with E-state index in [0.29, 0.717) is 0 Å². The summed E-state index contributed by atoms with van der Waals surface area (Å²) < 4.78 is 0. The quantitative estimate of drug-likeness (QED) is 0.404. The molecule has 0 aromatic heterocycles. The second-order valence-electron chi connectivity index (χ2n) is 3.54. The van der Waals surface area contributed by atoms with Crippen molar-refractivity contribution in [3.8, 4) is 0 Å². The highest BCUT2D eigenvalue weighted by molar-refractivity contribution is 7.80. The number of allylic oxidation sites excluding steroid dienone is 4. The van der Waals surface area contributed by atoms with Gasteiger partial charge < -0.3 is 0 Å². The fourth-order valence-electron chi connectivity index (χ4n) is 0.976. The molecule has 0 radical (unpaired) electrons. The Labute approximate surface area is 93.4 Å². The van der Waals surface area contributed by atoms with Crippen molar-refractivity contribution >= 4 is 18.3 Å². The topological polar surface area (TPSA) is 12.4 Å². The minimum atomic E-state index is 0.869. The number of hydrogen-bond acceptors (Lipinski definition) is 2. The maximum Gasteiger partial charge on any atom is 0.0599 e. The van der Waals surface area contributed by atoms with Gasteiger partial charge in [-0.2, -0.15) is 12.6 Å². The van der Waals surface area contributed by atoms with E-state index in [0.717, 1.165) is 24.4 Å². The molecule has 0 atom stereocenters. The summed E-state index contributed by atoms with van der Waals surface area (Å²) in [6.07, 6.45) is 5.27. The second kappa shape index (κ2) is 7.86. The Kier molecular flexibility index (Phi) is 7.58. The molecule has 0 aliphatic heterocycles. The molecular formula is C12H21NS. The average molecular weight is 211 g/mol. The van der Waals surface area contributed by atoms with Crippen molar-refractivity contribution in [2.24, 2.45) is 4.99 Å². The molecule has 0 unspecified atom stereocenters. The summed E-state index contributed by atoms with van der Waals surface area (Å²) in [6.45, 7) is 9.20. The monoisotopic (exact) mass is 211 g/mol. The van der Waals surface area contributed by atoms with Crippen LogP contribution >= 0.6 is 12.6 Å². The molecular weight excluding hydrogens is 190 g/mol. The summed E-state index contributed by atoms with van der Waals surface area (Å²) in [5.74, 6) is 0.903. The highest BCUT2D eigenvalue weighted by atomic mass is 32.1. The van der Waals surface area contributed by atoms with Crippen molar-refractivity contribution < 1.29 is 0 Å². The third-order valence-corrected chi connectivity index (χ3v) is 2.18. The van der Waals surface area contributed by atoms with Crippen LogP contribution < -0.4 is 0 Å². The van der Waals surface area contributed by atoms with Gasteiger partial charge in [-0.25, -0.2) is 0 Å². The lowest BCUT2D eigenvalue weighted by Crippen LogP contribution is -1.99. The standard InChI is InChI=1S/C12H21NS/c1-5-11(4)12(9-10(2)3)13-7-6-8-14/h5,9,14H,6-8H2,1-4H3/b11-5-,13-12+. The van der Waals surface area contributed by atoms with Crippen LogP contribution in [0.15, 0.2) is 28.3 Å². The van der Waals surface area contributed by atoms with Gasteiger partial charge in [0, 0.05) is 6.54 Å².